The Kier molecular flexibility index (Phi) is 3.89. The lowest BCUT2D eigenvalue weighted by molar-refractivity contribution is 1.00. The molecule has 2 rings (SSSR count). The molecule has 0 aliphatic rings. The molecule has 0 saturated carbocycles. The van der Waals surface area contributed by atoms with E-state index in [1.807, 2.05) is 24.8 Å². The molecule has 2 aromatic rings. The number of rotatable bonds is 4. The van der Waals surface area contributed by atoms with Crippen LogP contribution in [0.2, 0.25) is 0 Å². The Balaban J connectivity index is 2.32. The maximum absolute atomic E-state index is 4.54. The summed E-state index contributed by atoms with van der Waals surface area (Å²) in [7, 11) is 0. The Morgan fingerprint density at radius 2 is 2.12 bits per heavy atom. The van der Waals surface area contributed by atoms with E-state index < -0.39 is 0 Å². The highest BCUT2D eigenvalue weighted by molar-refractivity contribution is 7.99. The van der Waals surface area contributed by atoms with Gasteiger partial charge in [0.15, 0.2) is 0 Å². The van der Waals surface area contributed by atoms with Crippen molar-refractivity contribution in [1.29, 1.82) is 0 Å². The van der Waals surface area contributed by atoms with Crippen LogP contribution < -0.4 is 5.32 Å². The molecule has 90 valence electrons. The van der Waals surface area contributed by atoms with Gasteiger partial charge in [0.1, 0.15) is 0 Å². The predicted molar refractivity (Wildman–Crippen MR) is 77.9 cm³/mol. The maximum atomic E-state index is 4.54. The van der Waals surface area contributed by atoms with E-state index >= 15 is 0 Å². The van der Waals surface area contributed by atoms with Gasteiger partial charge in [0.25, 0.3) is 0 Å². The Hall–Kier alpha value is -1.22. The van der Waals surface area contributed by atoms with Crippen molar-refractivity contribution < 1.29 is 0 Å². The van der Waals surface area contributed by atoms with E-state index in [-0.39, 0.29) is 0 Å². The quantitative estimate of drug-likeness (QED) is 0.890. The summed E-state index contributed by atoms with van der Waals surface area (Å²) >= 11 is 1.88. The number of aromatic nitrogens is 1. The van der Waals surface area contributed by atoms with Crippen molar-refractivity contribution in [1.82, 2.24) is 4.98 Å². The monoisotopic (exact) mass is 246 g/mol. The number of benzene rings is 1. The molecule has 0 spiro atoms. The van der Waals surface area contributed by atoms with Gasteiger partial charge in [0, 0.05) is 28.6 Å². The van der Waals surface area contributed by atoms with Crippen molar-refractivity contribution in [2.24, 2.45) is 0 Å². The van der Waals surface area contributed by atoms with E-state index in [4.69, 9.17) is 0 Å². The Morgan fingerprint density at radius 3 is 2.88 bits per heavy atom. The third-order valence-corrected chi connectivity index (χ3v) is 3.80. The average Bonchev–Trinajstić information content (AvgIpc) is 2.35. The van der Waals surface area contributed by atoms with Crippen LogP contribution in [0.3, 0.4) is 0 Å². The molecule has 0 aliphatic heterocycles. The SMILES string of the molecule is CSC(C)CNc1cc(C)nc2ccccc12. The highest BCUT2D eigenvalue weighted by Crippen LogP contribution is 2.23. The number of aryl methyl sites for hydroxylation is 1. The van der Waals surface area contributed by atoms with Crippen molar-refractivity contribution in [3.63, 3.8) is 0 Å². The third-order valence-electron chi connectivity index (χ3n) is 2.83. The number of pyridine rings is 1. The smallest absolute Gasteiger partial charge is 0.0725 e. The van der Waals surface area contributed by atoms with Crippen LogP contribution in [0, 0.1) is 6.92 Å². The molecule has 0 saturated heterocycles. The Labute approximate surface area is 107 Å². The molecule has 1 aromatic carbocycles. The van der Waals surface area contributed by atoms with E-state index in [9.17, 15) is 0 Å². The van der Waals surface area contributed by atoms with Crippen LogP contribution in [0.15, 0.2) is 30.3 Å². The summed E-state index contributed by atoms with van der Waals surface area (Å²) in [5.41, 5.74) is 3.31. The first kappa shape index (κ1) is 12.2. The summed E-state index contributed by atoms with van der Waals surface area (Å²) in [5.74, 6) is 0. The first-order chi connectivity index (χ1) is 8.20. The Morgan fingerprint density at radius 1 is 1.35 bits per heavy atom. The fourth-order valence-electron chi connectivity index (χ4n) is 1.79. The summed E-state index contributed by atoms with van der Waals surface area (Å²) in [6, 6.07) is 10.4. The number of para-hydroxylation sites is 1. The van der Waals surface area contributed by atoms with Gasteiger partial charge in [-0.05, 0) is 25.3 Å². The molecule has 1 unspecified atom stereocenters. The largest absolute Gasteiger partial charge is 0.383 e. The molecular weight excluding hydrogens is 228 g/mol. The fourth-order valence-corrected chi connectivity index (χ4v) is 2.04. The van der Waals surface area contributed by atoms with E-state index in [2.05, 4.69) is 47.7 Å². The van der Waals surface area contributed by atoms with Gasteiger partial charge >= 0.3 is 0 Å². The van der Waals surface area contributed by atoms with E-state index in [0.29, 0.717) is 5.25 Å². The van der Waals surface area contributed by atoms with Gasteiger partial charge in [-0.1, -0.05) is 25.1 Å². The molecule has 1 N–H and O–H groups in total. The Bertz CT molecular complexity index is 511. The van der Waals surface area contributed by atoms with Crippen molar-refractivity contribution in [3.05, 3.63) is 36.0 Å². The molecule has 1 heterocycles. The number of anilines is 1. The molecule has 1 atom stereocenters. The number of hydrogen-bond donors (Lipinski definition) is 1. The van der Waals surface area contributed by atoms with E-state index in [0.717, 1.165) is 17.8 Å². The number of hydrogen-bond acceptors (Lipinski definition) is 3. The van der Waals surface area contributed by atoms with Crippen LogP contribution in [0.4, 0.5) is 5.69 Å². The number of thioether (sulfide) groups is 1. The van der Waals surface area contributed by atoms with Gasteiger partial charge in [-0.3, -0.25) is 4.98 Å². The van der Waals surface area contributed by atoms with Crippen LogP contribution in [0.25, 0.3) is 10.9 Å². The van der Waals surface area contributed by atoms with Crippen LogP contribution in [0.5, 0.6) is 0 Å². The third kappa shape index (κ3) is 2.91. The summed E-state index contributed by atoms with van der Waals surface area (Å²) in [6.45, 7) is 5.25. The zero-order chi connectivity index (χ0) is 12.3. The molecule has 3 heteroatoms. The first-order valence-electron chi connectivity index (χ1n) is 5.84. The summed E-state index contributed by atoms with van der Waals surface area (Å²) < 4.78 is 0. The summed E-state index contributed by atoms with van der Waals surface area (Å²) in [4.78, 5) is 4.54. The lowest BCUT2D eigenvalue weighted by Gasteiger charge is -2.13. The molecular formula is C14H18N2S. The second kappa shape index (κ2) is 5.41. The number of nitrogens with zero attached hydrogens (tertiary/aromatic N) is 1. The lowest BCUT2D eigenvalue weighted by atomic mass is 10.1. The minimum absolute atomic E-state index is 0.613. The second-order valence-electron chi connectivity index (χ2n) is 4.26. The summed E-state index contributed by atoms with van der Waals surface area (Å²) in [6.07, 6.45) is 2.14. The van der Waals surface area contributed by atoms with Crippen molar-refractivity contribution in [3.8, 4) is 0 Å². The normalized spacial score (nSPS) is 12.6. The van der Waals surface area contributed by atoms with Crippen molar-refractivity contribution in [2.45, 2.75) is 19.1 Å². The van der Waals surface area contributed by atoms with Gasteiger partial charge in [0.2, 0.25) is 0 Å². The first-order valence-corrected chi connectivity index (χ1v) is 7.12. The number of nitrogens with one attached hydrogen (secondary N) is 1. The van der Waals surface area contributed by atoms with Crippen LogP contribution in [-0.4, -0.2) is 23.0 Å². The second-order valence-corrected chi connectivity index (χ2v) is 5.53. The molecule has 2 nitrogen and oxygen atoms in total. The van der Waals surface area contributed by atoms with Gasteiger partial charge < -0.3 is 5.32 Å². The van der Waals surface area contributed by atoms with Crippen LogP contribution in [-0.2, 0) is 0 Å². The molecule has 0 amide bonds. The predicted octanol–water partition coefficient (Wildman–Crippen LogP) is 3.71. The zero-order valence-electron chi connectivity index (χ0n) is 10.5. The number of fused-ring (bicyclic) bond motifs is 1. The average molecular weight is 246 g/mol. The molecule has 17 heavy (non-hydrogen) atoms. The van der Waals surface area contributed by atoms with Gasteiger partial charge in [0.05, 0.1) is 5.52 Å². The van der Waals surface area contributed by atoms with Crippen molar-refractivity contribution >= 4 is 28.4 Å². The highest BCUT2D eigenvalue weighted by Gasteiger charge is 2.04. The zero-order valence-corrected chi connectivity index (χ0v) is 11.3. The highest BCUT2D eigenvalue weighted by atomic mass is 32.2. The molecule has 0 bridgehead atoms. The van der Waals surface area contributed by atoms with Gasteiger partial charge in [-0.25, -0.2) is 0 Å². The van der Waals surface area contributed by atoms with E-state index in [1.54, 1.807) is 0 Å². The standard InChI is InChI=1S/C14H18N2S/c1-10-8-14(15-9-11(2)17-3)12-6-4-5-7-13(12)16-10/h4-8,11H,9H2,1-3H3,(H,15,16). The minimum atomic E-state index is 0.613. The van der Waals surface area contributed by atoms with Crippen molar-refractivity contribution in [2.75, 3.05) is 18.1 Å². The molecule has 0 fully saturated rings. The van der Waals surface area contributed by atoms with Gasteiger partial charge in [-0.15, -0.1) is 0 Å². The molecule has 0 aliphatic carbocycles. The van der Waals surface area contributed by atoms with Crippen LogP contribution in [0.1, 0.15) is 12.6 Å². The lowest BCUT2D eigenvalue weighted by Crippen LogP contribution is -2.13. The molecule has 1 aromatic heterocycles. The fraction of sp³-hybridized carbons (Fsp3) is 0.357. The van der Waals surface area contributed by atoms with Crippen LogP contribution >= 0.6 is 11.8 Å². The topological polar surface area (TPSA) is 24.9 Å². The maximum Gasteiger partial charge on any atom is 0.0725 e. The van der Waals surface area contributed by atoms with Gasteiger partial charge in [-0.2, -0.15) is 11.8 Å². The van der Waals surface area contributed by atoms with E-state index in [1.165, 1.54) is 11.1 Å². The minimum Gasteiger partial charge on any atom is -0.383 e. The summed E-state index contributed by atoms with van der Waals surface area (Å²) in [5, 5.41) is 5.33. The molecule has 0 radical (unpaired) electrons.